The molecule has 0 saturated carbocycles. The molecule has 0 spiro atoms. The van der Waals surface area contributed by atoms with Gasteiger partial charge in [0.05, 0.1) is 6.07 Å². The molecule has 0 fully saturated rings. The van der Waals surface area contributed by atoms with Crippen molar-refractivity contribution in [2.75, 3.05) is 0 Å². The van der Waals surface area contributed by atoms with Crippen molar-refractivity contribution in [1.82, 2.24) is 0 Å². The Hall–Kier alpha value is -0.433. The van der Waals surface area contributed by atoms with Crippen LogP contribution in [0.15, 0.2) is 0 Å². The predicted molar refractivity (Wildman–Crippen MR) is 33.5 cm³/mol. The molecule has 4 heteroatoms. The second-order valence-corrected chi connectivity index (χ2v) is 4.79. The molecule has 0 aromatic rings. The Balaban J connectivity index is 3.48. The van der Waals surface area contributed by atoms with E-state index in [-0.39, 0.29) is 18.5 Å². The van der Waals surface area contributed by atoms with Crippen LogP contribution in [0.3, 0.4) is 0 Å². The Morgan fingerprint density at radius 3 is 2.44 bits per heavy atom. The first-order valence-electron chi connectivity index (χ1n) is 2.87. The highest BCUT2D eigenvalue weighted by Crippen LogP contribution is 2.19. The lowest BCUT2D eigenvalue weighted by molar-refractivity contribution is 0.590. The van der Waals surface area contributed by atoms with E-state index in [1.54, 1.807) is 6.07 Å². The highest BCUT2D eigenvalue weighted by atomic mass is 28.4. The Kier molecular flexibility index (Phi) is 3.39. The summed E-state index contributed by atoms with van der Waals surface area (Å²) in [4.78, 5) is 0. The summed E-state index contributed by atoms with van der Waals surface area (Å²) in [5.74, 6) is 0. The molecule has 0 aromatic heterocycles. The minimum absolute atomic E-state index is 0.00701. The molecular formula is C5H9F2NSi. The maximum atomic E-state index is 12.3. The van der Waals surface area contributed by atoms with Crippen molar-refractivity contribution in [2.45, 2.75) is 25.4 Å². The van der Waals surface area contributed by atoms with Crippen LogP contribution in [-0.4, -0.2) is 8.74 Å². The minimum Gasteiger partial charge on any atom is -0.270 e. The number of rotatable bonds is 3. The predicted octanol–water partition coefficient (Wildman–Crippen LogP) is 2.30. The van der Waals surface area contributed by atoms with Crippen LogP contribution in [0.2, 0.25) is 12.1 Å². The van der Waals surface area contributed by atoms with Crippen LogP contribution in [0.25, 0.3) is 0 Å². The number of hydrogen-bond donors (Lipinski definition) is 0. The SMILES string of the molecule is CC[Si](F)(F)CCC#N. The maximum absolute atomic E-state index is 12.3. The third-order valence-corrected chi connectivity index (χ3v) is 3.14. The van der Waals surface area contributed by atoms with Crippen LogP contribution in [0.4, 0.5) is 8.22 Å². The first kappa shape index (κ1) is 8.57. The normalized spacial score (nSPS) is 10.9. The lowest BCUT2D eigenvalue weighted by Gasteiger charge is -2.05. The molecule has 1 nitrogen and oxygen atoms in total. The molecule has 0 rings (SSSR count). The lowest BCUT2D eigenvalue weighted by Crippen LogP contribution is -2.19. The van der Waals surface area contributed by atoms with E-state index in [1.807, 2.05) is 0 Å². The van der Waals surface area contributed by atoms with Crippen LogP contribution in [-0.2, 0) is 0 Å². The zero-order chi connectivity index (χ0) is 7.33. The highest BCUT2D eigenvalue weighted by Gasteiger charge is 2.31. The van der Waals surface area contributed by atoms with E-state index in [9.17, 15) is 8.22 Å². The zero-order valence-electron chi connectivity index (χ0n) is 5.32. The van der Waals surface area contributed by atoms with Crippen molar-refractivity contribution < 1.29 is 8.22 Å². The van der Waals surface area contributed by atoms with Gasteiger partial charge in [0.15, 0.2) is 0 Å². The second kappa shape index (κ2) is 3.57. The minimum atomic E-state index is -3.92. The van der Waals surface area contributed by atoms with E-state index in [0.29, 0.717) is 0 Å². The van der Waals surface area contributed by atoms with E-state index >= 15 is 0 Å². The largest absolute Gasteiger partial charge is 0.425 e. The molecule has 0 aliphatic rings. The third kappa shape index (κ3) is 4.10. The number of nitrogens with zero attached hydrogens (tertiary/aromatic N) is 1. The Morgan fingerprint density at radius 1 is 1.56 bits per heavy atom. The van der Waals surface area contributed by atoms with E-state index in [4.69, 9.17) is 5.26 Å². The quantitative estimate of drug-likeness (QED) is 0.446. The fourth-order valence-corrected chi connectivity index (χ4v) is 1.25. The molecular weight excluding hydrogens is 140 g/mol. The zero-order valence-corrected chi connectivity index (χ0v) is 6.32. The lowest BCUT2D eigenvalue weighted by atomic mass is 10.6. The molecule has 0 amide bonds. The van der Waals surface area contributed by atoms with Crippen LogP contribution in [0.1, 0.15) is 13.3 Å². The molecule has 0 N–H and O–H groups in total. The Morgan fingerprint density at radius 2 is 2.11 bits per heavy atom. The molecule has 0 heterocycles. The van der Waals surface area contributed by atoms with E-state index < -0.39 is 8.74 Å². The van der Waals surface area contributed by atoms with Crippen LogP contribution in [0, 0.1) is 11.3 Å². The van der Waals surface area contributed by atoms with Gasteiger partial charge in [-0.2, -0.15) is 5.26 Å². The second-order valence-electron chi connectivity index (χ2n) is 1.87. The molecule has 0 radical (unpaired) electrons. The topological polar surface area (TPSA) is 23.8 Å². The van der Waals surface area contributed by atoms with Gasteiger partial charge in [0.1, 0.15) is 0 Å². The van der Waals surface area contributed by atoms with Crippen molar-refractivity contribution in [3.63, 3.8) is 0 Å². The summed E-state index contributed by atoms with van der Waals surface area (Å²) in [6, 6.07) is 1.51. The van der Waals surface area contributed by atoms with E-state index in [0.717, 1.165) is 0 Å². The van der Waals surface area contributed by atoms with Crippen LogP contribution >= 0.6 is 0 Å². The summed E-state index contributed by atoms with van der Waals surface area (Å²) < 4.78 is 24.7. The van der Waals surface area contributed by atoms with E-state index in [1.165, 1.54) is 6.92 Å². The van der Waals surface area contributed by atoms with Gasteiger partial charge in [-0.1, -0.05) is 6.92 Å². The fraction of sp³-hybridized carbons (Fsp3) is 0.800. The summed E-state index contributed by atoms with van der Waals surface area (Å²) >= 11 is 0. The molecule has 52 valence electrons. The van der Waals surface area contributed by atoms with Crippen molar-refractivity contribution in [1.29, 1.82) is 5.26 Å². The molecule has 0 bridgehead atoms. The van der Waals surface area contributed by atoms with Crippen LogP contribution in [0.5, 0.6) is 0 Å². The number of halogens is 2. The monoisotopic (exact) mass is 149 g/mol. The highest BCUT2D eigenvalue weighted by molar-refractivity contribution is 6.65. The fourth-order valence-electron chi connectivity index (χ4n) is 0.416. The van der Waals surface area contributed by atoms with Gasteiger partial charge in [0, 0.05) is 12.5 Å². The first-order valence-corrected chi connectivity index (χ1v) is 5.04. The van der Waals surface area contributed by atoms with Gasteiger partial charge in [0.2, 0.25) is 0 Å². The average molecular weight is 149 g/mol. The molecule has 0 atom stereocenters. The van der Waals surface area contributed by atoms with Crippen molar-refractivity contribution in [3.8, 4) is 6.07 Å². The van der Waals surface area contributed by atoms with E-state index in [2.05, 4.69) is 0 Å². The summed E-state index contributed by atoms with van der Waals surface area (Å²) in [6.45, 7) is 1.48. The van der Waals surface area contributed by atoms with Crippen LogP contribution < -0.4 is 0 Å². The van der Waals surface area contributed by atoms with Gasteiger partial charge in [-0.05, 0) is 6.04 Å². The van der Waals surface area contributed by atoms with Gasteiger partial charge in [-0.15, -0.1) is 0 Å². The first-order chi connectivity index (χ1) is 4.12. The van der Waals surface area contributed by atoms with Crippen molar-refractivity contribution in [3.05, 3.63) is 0 Å². The molecule has 0 saturated heterocycles. The summed E-state index contributed by atoms with van der Waals surface area (Å²) in [7, 11) is -3.92. The van der Waals surface area contributed by atoms with Gasteiger partial charge in [-0.25, -0.2) is 0 Å². The van der Waals surface area contributed by atoms with Crippen molar-refractivity contribution >= 4 is 8.74 Å². The third-order valence-electron chi connectivity index (χ3n) is 1.12. The summed E-state index contributed by atoms with van der Waals surface area (Å²) in [6.07, 6.45) is 0.00701. The molecule has 0 aliphatic carbocycles. The number of hydrogen-bond acceptors (Lipinski definition) is 1. The molecule has 0 aliphatic heterocycles. The van der Waals surface area contributed by atoms with Crippen molar-refractivity contribution in [2.24, 2.45) is 0 Å². The molecule has 0 aromatic carbocycles. The summed E-state index contributed by atoms with van der Waals surface area (Å²) in [5, 5.41) is 7.96. The molecule has 9 heavy (non-hydrogen) atoms. The standard InChI is InChI=1S/C5H9F2NSi/c1-2-9(6,7)5-3-4-8/h2-3,5H2,1H3. The Bertz CT molecular complexity index is 119. The van der Waals surface area contributed by atoms with Gasteiger partial charge >= 0.3 is 8.74 Å². The number of nitriles is 1. The van der Waals surface area contributed by atoms with Gasteiger partial charge in [-0.3, -0.25) is 8.22 Å². The van der Waals surface area contributed by atoms with Gasteiger partial charge in [0.25, 0.3) is 0 Å². The smallest absolute Gasteiger partial charge is 0.270 e. The summed E-state index contributed by atoms with van der Waals surface area (Å²) in [5.41, 5.74) is 0. The average Bonchev–Trinajstić information content (AvgIpc) is 1.84. The maximum Gasteiger partial charge on any atom is 0.425 e. The van der Waals surface area contributed by atoms with Gasteiger partial charge < -0.3 is 0 Å². The Labute approximate surface area is 54.7 Å². The molecule has 0 unspecified atom stereocenters.